The van der Waals surface area contributed by atoms with Gasteiger partial charge in [-0.2, -0.15) is 0 Å². The van der Waals surface area contributed by atoms with E-state index in [0.29, 0.717) is 10.7 Å². The van der Waals surface area contributed by atoms with Gasteiger partial charge >= 0.3 is 0 Å². The zero-order chi connectivity index (χ0) is 16.4. The van der Waals surface area contributed by atoms with Crippen molar-refractivity contribution in [2.24, 2.45) is 0 Å². The molecule has 4 nitrogen and oxygen atoms in total. The molecule has 0 saturated heterocycles. The monoisotopic (exact) mass is 323 g/mol. The number of amides is 1. The van der Waals surface area contributed by atoms with Crippen LogP contribution < -0.4 is 5.32 Å². The van der Waals surface area contributed by atoms with E-state index in [-0.39, 0.29) is 5.91 Å². The van der Waals surface area contributed by atoms with Gasteiger partial charge in [-0.05, 0) is 49.6 Å². The Hall–Kier alpha value is -2.53. The van der Waals surface area contributed by atoms with E-state index in [2.05, 4.69) is 41.5 Å². The fraction of sp³-hybridized carbons (Fsp3) is 0.167. The van der Waals surface area contributed by atoms with Crippen molar-refractivity contribution < 1.29 is 4.79 Å². The number of carbonyl (C=O) groups excluding carboxylic acids is 1. The summed E-state index contributed by atoms with van der Waals surface area (Å²) in [4.78, 5) is 12.3. The van der Waals surface area contributed by atoms with E-state index in [1.54, 1.807) is 6.07 Å². The predicted octanol–water partition coefficient (Wildman–Crippen LogP) is 4.38. The highest BCUT2D eigenvalue weighted by atomic mass is 32.1. The highest BCUT2D eigenvalue weighted by molar-refractivity contribution is 7.18. The first kappa shape index (κ1) is 15.4. The van der Waals surface area contributed by atoms with E-state index in [4.69, 9.17) is 0 Å². The topological polar surface area (TPSA) is 54.9 Å². The largest absolute Gasteiger partial charge is 0.296 e. The lowest BCUT2D eigenvalue weighted by Gasteiger charge is -2.04. The number of hydrogen-bond acceptors (Lipinski definition) is 4. The van der Waals surface area contributed by atoms with Crippen molar-refractivity contribution in [1.29, 1.82) is 0 Å². The van der Waals surface area contributed by atoms with Crippen molar-refractivity contribution in [1.82, 2.24) is 10.2 Å². The van der Waals surface area contributed by atoms with E-state index >= 15 is 0 Å². The van der Waals surface area contributed by atoms with Crippen LogP contribution in [0.3, 0.4) is 0 Å². The lowest BCUT2D eigenvalue weighted by molar-refractivity contribution is 0.102. The van der Waals surface area contributed by atoms with E-state index in [0.717, 1.165) is 16.1 Å². The van der Waals surface area contributed by atoms with E-state index < -0.39 is 0 Å². The molecule has 0 aliphatic heterocycles. The summed E-state index contributed by atoms with van der Waals surface area (Å²) in [5.74, 6) is -0.161. The smallest absolute Gasteiger partial charge is 0.257 e. The van der Waals surface area contributed by atoms with Crippen LogP contribution in [0.1, 0.15) is 27.0 Å². The van der Waals surface area contributed by atoms with Crippen LogP contribution in [0.5, 0.6) is 0 Å². The molecular formula is C18H17N3OS. The zero-order valence-electron chi connectivity index (χ0n) is 13.3. The Bertz CT molecular complexity index is 870. The van der Waals surface area contributed by atoms with Crippen molar-refractivity contribution in [2.75, 3.05) is 5.32 Å². The predicted molar refractivity (Wildman–Crippen MR) is 94.0 cm³/mol. The SMILES string of the molecule is Cc1ccc(-c2nnc(NC(=O)c3ccccc3C)s2)cc1C. The molecule has 0 radical (unpaired) electrons. The van der Waals surface area contributed by atoms with Crippen molar-refractivity contribution in [3.8, 4) is 10.6 Å². The summed E-state index contributed by atoms with van der Waals surface area (Å²) in [6, 6.07) is 13.7. The van der Waals surface area contributed by atoms with Gasteiger partial charge in [0.2, 0.25) is 5.13 Å². The molecular weight excluding hydrogens is 306 g/mol. The number of aromatic nitrogens is 2. The fourth-order valence-electron chi connectivity index (χ4n) is 2.26. The minimum Gasteiger partial charge on any atom is -0.296 e. The number of aryl methyl sites for hydroxylation is 3. The first-order valence-electron chi connectivity index (χ1n) is 7.32. The van der Waals surface area contributed by atoms with Crippen LogP contribution in [-0.4, -0.2) is 16.1 Å². The minimum atomic E-state index is -0.161. The molecule has 1 amide bonds. The number of anilines is 1. The molecule has 0 fully saturated rings. The maximum Gasteiger partial charge on any atom is 0.257 e. The van der Waals surface area contributed by atoms with Gasteiger partial charge < -0.3 is 0 Å². The van der Waals surface area contributed by atoms with Crippen LogP contribution in [0, 0.1) is 20.8 Å². The average molecular weight is 323 g/mol. The van der Waals surface area contributed by atoms with Crippen LogP contribution in [0.15, 0.2) is 42.5 Å². The second-order valence-corrected chi connectivity index (χ2v) is 6.46. The molecule has 0 aliphatic carbocycles. The van der Waals surface area contributed by atoms with Crippen molar-refractivity contribution >= 4 is 22.4 Å². The molecule has 116 valence electrons. The van der Waals surface area contributed by atoms with Crippen molar-refractivity contribution in [3.05, 3.63) is 64.7 Å². The molecule has 2 aromatic carbocycles. The quantitative estimate of drug-likeness (QED) is 0.778. The second-order valence-electron chi connectivity index (χ2n) is 5.48. The normalized spacial score (nSPS) is 10.6. The molecule has 3 aromatic rings. The molecule has 1 heterocycles. The van der Waals surface area contributed by atoms with Crippen LogP contribution in [0.4, 0.5) is 5.13 Å². The molecule has 0 aliphatic rings. The molecule has 3 rings (SSSR count). The number of carbonyl (C=O) groups is 1. The Balaban J connectivity index is 1.81. The molecule has 0 atom stereocenters. The van der Waals surface area contributed by atoms with Gasteiger partial charge in [-0.25, -0.2) is 0 Å². The van der Waals surface area contributed by atoms with Gasteiger partial charge in [0.25, 0.3) is 5.91 Å². The summed E-state index contributed by atoms with van der Waals surface area (Å²) in [6.45, 7) is 6.06. The van der Waals surface area contributed by atoms with Gasteiger partial charge in [-0.15, -0.1) is 10.2 Å². The van der Waals surface area contributed by atoms with Crippen molar-refractivity contribution in [3.63, 3.8) is 0 Å². The molecule has 1 N–H and O–H groups in total. The summed E-state index contributed by atoms with van der Waals surface area (Å²) >= 11 is 1.38. The van der Waals surface area contributed by atoms with Gasteiger partial charge in [-0.1, -0.05) is 41.7 Å². The summed E-state index contributed by atoms with van der Waals surface area (Å²) < 4.78 is 0. The summed E-state index contributed by atoms with van der Waals surface area (Å²) in [7, 11) is 0. The van der Waals surface area contributed by atoms with Gasteiger partial charge in [0, 0.05) is 11.1 Å². The van der Waals surface area contributed by atoms with E-state index in [1.807, 2.05) is 31.2 Å². The molecule has 23 heavy (non-hydrogen) atoms. The standard InChI is InChI=1S/C18H17N3OS/c1-11-8-9-14(10-13(11)3)17-20-21-18(23-17)19-16(22)15-7-5-4-6-12(15)2/h4-10H,1-3H3,(H,19,21,22). The van der Waals surface area contributed by atoms with E-state index in [9.17, 15) is 4.79 Å². The zero-order valence-corrected chi connectivity index (χ0v) is 14.1. The highest BCUT2D eigenvalue weighted by Gasteiger charge is 2.13. The fourth-order valence-corrected chi connectivity index (χ4v) is 2.99. The van der Waals surface area contributed by atoms with Gasteiger partial charge in [-0.3, -0.25) is 10.1 Å². The molecule has 0 bridgehead atoms. The van der Waals surface area contributed by atoms with Crippen LogP contribution >= 0.6 is 11.3 Å². The van der Waals surface area contributed by atoms with Gasteiger partial charge in [0.05, 0.1) is 0 Å². The number of hydrogen-bond donors (Lipinski definition) is 1. The maximum absolute atomic E-state index is 12.3. The Morgan fingerprint density at radius 3 is 2.48 bits per heavy atom. The molecule has 0 saturated carbocycles. The highest BCUT2D eigenvalue weighted by Crippen LogP contribution is 2.28. The molecule has 5 heteroatoms. The first-order chi connectivity index (χ1) is 11.0. The van der Waals surface area contributed by atoms with Gasteiger partial charge in [0.1, 0.15) is 5.01 Å². The third-order valence-electron chi connectivity index (χ3n) is 3.79. The van der Waals surface area contributed by atoms with Crippen molar-refractivity contribution in [2.45, 2.75) is 20.8 Å². The first-order valence-corrected chi connectivity index (χ1v) is 8.14. The Morgan fingerprint density at radius 1 is 0.957 bits per heavy atom. The number of benzene rings is 2. The Labute approximate surface area is 139 Å². The van der Waals surface area contributed by atoms with Crippen LogP contribution in [0.2, 0.25) is 0 Å². The Kier molecular flexibility index (Phi) is 4.21. The second kappa shape index (κ2) is 6.30. The third-order valence-corrected chi connectivity index (χ3v) is 4.68. The average Bonchev–Trinajstić information content (AvgIpc) is 2.99. The number of nitrogens with zero attached hydrogens (tertiary/aromatic N) is 2. The third kappa shape index (κ3) is 3.29. The molecule has 0 spiro atoms. The van der Waals surface area contributed by atoms with Crippen LogP contribution in [-0.2, 0) is 0 Å². The number of nitrogens with one attached hydrogen (secondary N) is 1. The molecule has 1 aromatic heterocycles. The summed E-state index contributed by atoms with van der Waals surface area (Å²) in [5, 5.41) is 12.4. The van der Waals surface area contributed by atoms with Gasteiger partial charge in [0.15, 0.2) is 0 Å². The summed E-state index contributed by atoms with van der Waals surface area (Å²) in [6.07, 6.45) is 0. The molecule has 0 unspecified atom stereocenters. The Morgan fingerprint density at radius 2 is 1.74 bits per heavy atom. The van der Waals surface area contributed by atoms with Crippen LogP contribution in [0.25, 0.3) is 10.6 Å². The lowest BCUT2D eigenvalue weighted by atomic mass is 10.1. The number of rotatable bonds is 3. The lowest BCUT2D eigenvalue weighted by Crippen LogP contribution is -2.12. The van der Waals surface area contributed by atoms with E-state index in [1.165, 1.54) is 22.5 Å². The maximum atomic E-state index is 12.3. The minimum absolute atomic E-state index is 0.161. The summed E-state index contributed by atoms with van der Waals surface area (Å²) in [5.41, 5.74) is 5.05.